The van der Waals surface area contributed by atoms with Crippen LogP contribution in [0.25, 0.3) is 0 Å². The van der Waals surface area contributed by atoms with Crippen molar-refractivity contribution in [2.45, 2.75) is 52.0 Å². The maximum absolute atomic E-state index is 13.0. The molecule has 2 fully saturated rings. The number of hydrogen-bond acceptors (Lipinski definition) is 1. The molecule has 1 saturated heterocycles. The summed E-state index contributed by atoms with van der Waals surface area (Å²) in [5.74, 6) is 1.71. The highest BCUT2D eigenvalue weighted by Crippen LogP contribution is 2.39. The molecule has 1 amide bonds. The molecule has 0 aromatic heterocycles. The average molecular weight is 350 g/mol. The van der Waals surface area contributed by atoms with Gasteiger partial charge < -0.3 is 4.90 Å². The number of halogens is 1. The summed E-state index contributed by atoms with van der Waals surface area (Å²) in [4.78, 5) is 15.2. The Labute approximate surface area is 136 Å². The summed E-state index contributed by atoms with van der Waals surface area (Å²) in [7, 11) is 0. The van der Waals surface area contributed by atoms with Crippen molar-refractivity contribution in [3.63, 3.8) is 0 Å². The molecule has 2 nitrogen and oxygen atoms in total. The zero-order chi connectivity index (χ0) is 15.0. The molecule has 3 heteroatoms. The van der Waals surface area contributed by atoms with Crippen LogP contribution < -0.4 is 0 Å². The number of nitrogens with zero attached hydrogens (tertiary/aromatic N) is 1. The number of piperidine rings is 1. The van der Waals surface area contributed by atoms with Gasteiger partial charge in [-0.05, 0) is 55.7 Å². The molecule has 1 aromatic carbocycles. The largest absolute Gasteiger partial charge is 0.335 e. The molecule has 1 aliphatic carbocycles. The Morgan fingerprint density at radius 2 is 2.00 bits per heavy atom. The monoisotopic (exact) mass is 349 g/mol. The van der Waals surface area contributed by atoms with Crippen LogP contribution in [0.5, 0.6) is 0 Å². The second-order valence-corrected chi connectivity index (χ2v) is 7.55. The first-order valence-corrected chi connectivity index (χ1v) is 8.95. The molecule has 0 radical (unpaired) electrons. The number of hydrogen-bond donors (Lipinski definition) is 0. The van der Waals surface area contributed by atoms with Gasteiger partial charge in [-0.3, -0.25) is 4.79 Å². The van der Waals surface area contributed by atoms with Gasteiger partial charge in [0, 0.05) is 22.6 Å². The van der Waals surface area contributed by atoms with Gasteiger partial charge in [-0.25, -0.2) is 0 Å². The van der Waals surface area contributed by atoms with Crippen LogP contribution in [-0.2, 0) is 0 Å². The van der Waals surface area contributed by atoms with E-state index < -0.39 is 0 Å². The summed E-state index contributed by atoms with van der Waals surface area (Å²) < 4.78 is 1.03. The van der Waals surface area contributed by atoms with Crippen LogP contribution in [0.3, 0.4) is 0 Å². The third-order valence-corrected chi connectivity index (χ3v) is 6.36. The summed E-state index contributed by atoms with van der Waals surface area (Å²) in [5.41, 5.74) is 1.93. The predicted molar refractivity (Wildman–Crippen MR) is 89.4 cm³/mol. The maximum Gasteiger partial charge on any atom is 0.254 e. The van der Waals surface area contributed by atoms with Crippen molar-refractivity contribution in [1.29, 1.82) is 0 Å². The van der Waals surface area contributed by atoms with E-state index in [1.807, 2.05) is 25.1 Å². The highest BCUT2D eigenvalue weighted by atomic mass is 79.9. The minimum atomic E-state index is 0.234. The van der Waals surface area contributed by atoms with E-state index in [9.17, 15) is 4.79 Å². The quantitative estimate of drug-likeness (QED) is 0.713. The van der Waals surface area contributed by atoms with Gasteiger partial charge in [0.15, 0.2) is 0 Å². The molecular weight excluding hydrogens is 326 g/mol. The summed E-state index contributed by atoms with van der Waals surface area (Å²) in [5, 5.41) is 0. The first-order chi connectivity index (χ1) is 10.1. The smallest absolute Gasteiger partial charge is 0.254 e. The number of rotatable bonds is 1. The molecule has 1 aliphatic heterocycles. The van der Waals surface area contributed by atoms with Crippen molar-refractivity contribution in [3.05, 3.63) is 33.8 Å². The van der Waals surface area contributed by atoms with Crippen molar-refractivity contribution < 1.29 is 4.79 Å². The highest BCUT2D eigenvalue weighted by Gasteiger charge is 2.39. The Kier molecular flexibility index (Phi) is 4.39. The minimum absolute atomic E-state index is 0.234. The maximum atomic E-state index is 13.0. The van der Waals surface area contributed by atoms with Gasteiger partial charge in [-0.1, -0.05) is 41.8 Å². The van der Waals surface area contributed by atoms with Gasteiger partial charge in [0.05, 0.1) is 0 Å². The van der Waals surface area contributed by atoms with E-state index in [0.29, 0.717) is 12.0 Å². The fourth-order valence-corrected chi connectivity index (χ4v) is 4.53. The fourth-order valence-electron chi connectivity index (χ4n) is 4.16. The van der Waals surface area contributed by atoms with E-state index >= 15 is 0 Å². The summed E-state index contributed by atoms with van der Waals surface area (Å²) >= 11 is 3.55. The van der Waals surface area contributed by atoms with Crippen LogP contribution in [0.4, 0.5) is 0 Å². The van der Waals surface area contributed by atoms with E-state index in [1.54, 1.807) is 0 Å². The van der Waals surface area contributed by atoms with Crippen molar-refractivity contribution in [3.8, 4) is 0 Å². The fraction of sp³-hybridized carbons (Fsp3) is 0.611. The average Bonchev–Trinajstić information content (AvgIpc) is 2.50. The standard InChI is InChI=1S/C18H24BrNO/c1-12-10-11-20(17-9-4-3-6-14(12)17)18(21)15-7-5-8-16(19)13(15)2/h5,7-8,12,14,17H,3-4,6,9-11H2,1-2H3. The van der Waals surface area contributed by atoms with E-state index in [1.165, 1.54) is 25.7 Å². The van der Waals surface area contributed by atoms with Crippen molar-refractivity contribution in [2.24, 2.45) is 11.8 Å². The van der Waals surface area contributed by atoms with Crippen LogP contribution in [0.2, 0.25) is 0 Å². The number of fused-ring (bicyclic) bond motifs is 1. The highest BCUT2D eigenvalue weighted by molar-refractivity contribution is 9.10. The minimum Gasteiger partial charge on any atom is -0.335 e. The number of amides is 1. The van der Waals surface area contributed by atoms with Crippen LogP contribution in [0.15, 0.2) is 22.7 Å². The van der Waals surface area contributed by atoms with E-state index in [4.69, 9.17) is 0 Å². The zero-order valence-electron chi connectivity index (χ0n) is 12.9. The SMILES string of the molecule is Cc1c(Br)cccc1C(=O)N1CCC(C)C2CCCCC21. The molecule has 114 valence electrons. The lowest BCUT2D eigenvalue weighted by Crippen LogP contribution is -2.52. The Morgan fingerprint density at radius 3 is 2.81 bits per heavy atom. The molecule has 1 aromatic rings. The second kappa shape index (κ2) is 6.12. The Hall–Kier alpha value is -0.830. The van der Waals surface area contributed by atoms with Crippen LogP contribution in [-0.4, -0.2) is 23.4 Å². The molecule has 3 rings (SSSR count). The van der Waals surface area contributed by atoms with Crippen LogP contribution >= 0.6 is 15.9 Å². The molecule has 3 atom stereocenters. The first kappa shape index (κ1) is 15.1. The third-order valence-electron chi connectivity index (χ3n) is 5.50. The zero-order valence-corrected chi connectivity index (χ0v) is 14.5. The van der Waals surface area contributed by atoms with Crippen LogP contribution in [0.1, 0.15) is 54.9 Å². The van der Waals surface area contributed by atoms with Gasteiger partial charge >= 0.3 is 0 Å². The molecule has 2 aliphatic rings. The van der Waals surface area contributed by atoms with Crippen molar-refractivity contribution >= 4 is 21.8 Å². The number of carbonyl (C=O) groups is 1. The number of carbonyl (C=O) groups excluding carboxylic acids is 1. The predicted octanol–water partition coefficient (Wildman–Crippen LogP) is 4.80. The molecule has 1 saturated carbocycles. The van der Waals surface area contributed by atoms with E-state index in [0.717, 1.165) is 34.5 Å². The van der Waals surface area contributed by atoms with Gasteiger partial charge in [0.2, 0.25) is 0 Å². The molecular formula is C18H24BrNO. The molecule has 3 unspecified atom stereocenters. The summed E-state index contributed by atoms with van der Waals surface area (Å²) in [6.07, 6.45) is 6.25. The molecule has 0 N–H and O–H groups in total. The van der Waals surface area contributed by atoms with Crippen LogP contribution in [0, 0.1) is 18.8 Å². The van der Waals surface area contributed by atoms with Crippen molar-refractivity contribution in [1.82, 2.24) is 4.90 Å². The first-order valence-electron chi connectivity index (χ1n) is 8.15. The normalized spacial score (nSPS) is 29.1. The Morgan fingerprint density at radius 1 is 1.24 bits per heavy atom. The molecule has 1 heterocycles. The van der Waals surface area contributed by atoms with E-state index in [-0.39, 0.29) is 5.91 Å². The van der Waals surface area contributed by atoms with Crippen molar-refractivity contribution in [2.75, 3.05) is 6.54 Å². The lowest BCUT2D eigenvalue weighted by molar-refractivity contribution is 0.0217. The summed E-state index contributed by atoms with van der Waals surface area (Å²) in [6, 6.07) is 6.41. The third kappa shape index (κ3) is 2.77. The molecule has 0 bridgehead atoms. The summed E-state index contributed by atoms with van der Waals surface area (Å²) in [6.45, 7) is 5.32. The Bertz CT molecular complexity index is 542. The lowest BCUT2D eigenvalue weighted by atomic mass is 9.72. The van der Waals surface area contributed by atoms with E-state index in [2.05, 4.69) is 27.8 Å². The lowest BCUT2D eigenvalue weighted by Gasteiger charge is -2.47. The van der Waals surface area contributed by atoms with Gasteiger partial charge in [0.25, 0.3) is 5.91 Å². The number of likely N-dealkylation sites (tertiary alicyclic amines) is 1. The van der Waals surface area contributed by atoms with Gasteiger partial charge in [-0.15, -0.1) is 0 Å². The number of benzene rings is 1. The topological polar surface area (TPSA) is 20.3 Å². The molecule has 21 heavy (non-hydrogen) atoms. The second-order valence-electron chi connectivity index (χ2n) is 6.69. The van der Waals surface area contributed by atoms with Gasteiger partial charge in [-0.2, -0.15) is 0 Å². The van der Waals surface area contributed by atoms with Gasteiger partial charge in [0.1, 0.15) is 0 Å². The Balaban J connectivity index is 1.88. The molecule has 0 spiro atoms.